The Morgan fingerprint density at radius 1 is 1.33 bits per heavy atom. The Labute approximate surface area is 146 Å². The number of H-pyrrole nitrogens is 1. The summed E-state index contributed by atoms with van der Waals surface area (Å²) in [6, 6.07) is 4.94. The third-order valence-electron chi connectivity index (χ3n) is 3.41. The van der Waals surface area contributed by atoms with Crippen molar-refractivity contribution in [2.24, 2.45) is 0 Å². The number of nitrogens with one attached hydrogen (secondary N) is 2. The largest absolute Gasteiger partial charge is 0.493 e. The number of aromatic nitrogens is 2. The summed E-state index contributed by atoms with van der Waals surface area (Å²) in [6.45, 7) is 8.47. The molecule has 0 saturated heterocycles. The second kappa shape index (κ2) is 7.13. The van der Waals surface area contributed by atoms with Crippen LogP contribution < -0.4 is 14.8 Å². The lowest BCUT2D eigenvalue weighted by Crippen LogP contribution is -2.13. The summed E-state index contributed by atoms with van der Waals surface area (Å²) in [4.78, 5) is 12.4. The fourth-order valence-corrected chi connectivity index (χ4v) is 2.36. The van der Waals surface area contributed by atoms with Gasteiger partial charge in [0.15, 0.2) is 17.3 Å². The zero-order chi connectivity index (χ0) is 17.9. The van der Waals surface area contributed by atoms with Crippen LogP contribution in [0, 0.1) is 0 Å². The van der Waals surface area contributed by atoms with Crippen molar-refractivity contribution < 1.29 is 14.3 Å². The van der Waals surface area contributed by atoms with Crippen molar-refractivity contribution in [3.8, 4) is 11.5 Å². The Hall–Kier alpha value is -2.21. The van der Waals surface area contributed by atoms with E-state index in [2.05, 4.69) is 36.3 Å². The van der Waals surface area contributed by atoms with Crippen molar-refractivity contribution in [1.82, 2.24) is 10.2 Å². The highest BCUT2D eigenvalue weighted by Crippen LogP contribution is 2.36. The second-order valence-corrected chi connectivity index (χ2v) is 6.70. The molecule has 7 heteroatoms. The molecule has 1 heterocycles. The summed E-state index contributed by atoms with van der Waals surface area (Å²) in [5.74, 6) is 0.957. The van der Waals surface area contributed by atoms with Crippen molar-refractivity contribution in [1.29, 1.82) is 0 Å². The smallest absolute Gasteiger partial charge is 0.257 e. The van der Waals surface area contributed by atoms with Crippen LogP contribution in [0.25, 0.3) is 0 Å². The maximum absolute atomic E-state index is 12.4. The van der Waals surface area contributed by atoms with Crippen LogP contribution in [0.2, 0.25) is 5.02 Å². The lowest BCUT2D eigenvalue weighted by atomic mass is 9.92. The van der Waals surface area contributed by atoms with Crippen molar-refractivity contribution in [2.75, 3.05) is 19.0 Å². The van der Waals surface area contributed by atoms with Crippen LogP contribution in [-0.2, 0) is 5.41 Å². The van der Waals surface area contributed by atoms with Crippen LogP contribution in [0.15, 0.2) is 18.2 Å². The Kier molecular flexibility index (Phi) is 5.39. The van der Waals surface area contributed by atoms with Gasteiger partial charge < -0.3 is 14.8 Å². The van der Waals surface area contributed by atoms with Gasteiger partial charge in [-0.25, -0.2) is 0 Å². The molecule has 0 atom stereocenters. The van der Waals surface area contributed by atoms with E-state index in [1.807, 2.05) is 13.0 Å². The standard InChI is InChI=1S/C17H22ClN3O3/c1-6-24-15-11(18)7-10(8-12(15)23-5)16(22)19-14-9-13(20-21-14)17(2,3)4/h7-9H,6H2,1-5H3,(H2,19,20,21,22). The number of methoxy groups -OCH3 is 1. The molecule has 0 saturated carbocycles. The van der Waals surface area contributed by atoms with Gasteiger partial charge >= 0.3 is 0 Å². The molecule has 1 aromatic carbocycles. The normalized spacial score (nSPS) is 11.2. The third-order valence-corrected chi connectivity index (χ3v) is 3.69. The molecule has 1 amide bonds. The summed E-state index contributed by atoms with van der Waals surface area (Å²) in [5, 5.41) is 10.1. The molecule has 2 rings (SSSR count). The fraction of sp³-hybridized carbons (Fsp3) is 0.412. The number of hydrogen-bond acceptors (Lipinski definition) is 4. The van der Waals surface area contributed by atoms with Crippen molar-refractivity contribution in [3.05, 3.63) is 34.5 Å². The number of benzene rings is 1. The molecule has 0 radical (unpaired) electrons. The summed E-state index contributed by atoms with van der Waals surface area (Å²) in [5.41, 5.74) is 1.21. The van der Waals surface area contributed by atoms with E-state index in [0.717, 1.165) is 5.69 Å². The van der Waals surface area contributed by atoms with Crippen molar-refractivity contribution >= 4 is 23.3 Å². The monoisotopic (exact) mass is 351 g/mol. The molecule has 2 N–H and O–H groups in total. The molecule has 0 fully saturated rings. The van der Waals surface area contributed by atoms with E-state index in [4.69, 9.17) is 21.1 Å². The first-order valence-corrected chi connectivity index (χ1v) is 8.01. The van der Waals surface area contributed by atoms with Gasteiger partial charge in [-0.05, 0) is 19.1 Å². The second-order valence-electron chi connectivity index (χ2n) is 6.29. The molecule has 0 aliphatic rings. The van der Waals surface area contributed by atoms with E-state index in [0.29, 0.717) is 34.5 Å². The Balaban J connectivity index is 2.24. The maximum Gasteiger partial charge on any atom is 0.257 e. The highest BCUT2D eigenvalue weighted by atomic mass is 35.5. The van der Waals surface area contributed by atoms with Gasteiger partial charge in [-0.2, -0.15) is 5.10 Å². The number of nitrogens with zero attached hydrogens (tertiary/aromatic N) is 1. The highest BCUT2D eigenvalue weighted by molar-refractivity contribution is 6.32. The SMILES string of the molecule is CCOc1c(Cl)cc(C(=O)Nc2cc(C(C)(C)C)[nH]n2)cc1OC. The lowest BCUT2D eigenvalue weighted by Gasteiger charge is -2.14. The molecule has 130 valence electrons. The van der Waals surface area contributed by atoms with E-state index in [1.54, 1.807) is 12.1 Å². The van der Waals surface area contributed by atoms with Gasteiger partial charge in [-0.15, -0.1) is 0 Å². The van der Waals surface area contributed by atoms with Gasteiger partial charge in [0.2, 0.25) is 0 Å². The summed E-state index contributed by atoms with van der Waals surface area (Å²) < 4.78 is 10.7. The summed E-state index contributed by atoms with van der Waals surface area (Å²) in [6.07, 6.45) is 0. The molecule has 1 aromatic heterocycles. The van der Waals surface area contributed by atoms with Gasteiger partial charge in [0, 0.05) is 22.7 Å². The first-order chi connectivity index (χ1) is 11.3. The van der Waals surface area contributed by atoms with E-state index >= 15 is 0 Å². The average molecular weight is 352 g/mol. The van der Waals surface area contributed by atoms with Crippen LogP contribution in [-0.4, -0.2) is 29.8 Å². The van der Waals surface area contributed by atoms with Gasteiger partial charge in [-0.1, -0.05) is 32.4 Å². The quantitative estimate of drug-likeness (QED) is 0.853. The van der Waals surface area contributed by atoms with Crippen LogP contribution in [0.5, 0.6) is 11.5 Å². The van der Waals surface area contributed by atoms with Gasteiger partial charge in [-0.3, -0.25) is 9.89 Å². The maximum atomic E-state index is 12.4. The fourth-order valence-electron chi connectivity index (χ4n) is 2.09. The van der Waals surface area contributed by atoms with Crippen LogP contribution in [0.3, 0.4) is 0 Å². The zero-order valence-electron chi connectivity index (χ0n) is 14.5. The number of anilines is 1. The topological polar surface area (TPSA) is 76.2 Å². The number of aromatic amines is 1. The molecule has 2 aromatic rings. The average Bonchev–Trinajstić information content (AvgIpc) is 2.97. The van der Waals surface area contributed by atoms with Gasteiger partial charge in [0.25, 0.3) is 5.91 Å². The van der Waals surface area contributed by atoms with Crippen LogP contribution in [0.1, 0.15) is 43.7 Å². The number of amides is 1. The zero-order valence-corrected chi connectivity index (χ0v) is 15.2. The molecule has 24 heavy (non-hydrogen) atoms. The van der Waals surface area contributed by atoms with E-state index in [9.17, 15) is 4.79 Å². The molecule has 0 aliphatic heterocycles. The van der Waals surface area contributed by atoms with E-state index in [1.165, 1.54) is 7.11 Å². The molecule has 0 unspecified atom stereocenters. The van der Waals surface area contributed by atoms with Crippen LogP contribution >= 0.6 is 11.6 Å². The van der Waals surface area contributed by atoms with Crippen molar-refractivity contribution in [2.45, 2.75) is 33.1 Å². The number of rotatable bonds is 5. The predicted molar refractivity (Wildman–Crippen MR) is 94.4 cm³/mol. The molecule has 0 spiro atoms. The first-order valence-electron chi connectivity index (χ1n) is 7.63. The molecular weight excluding hydrogens is 330 g/mol. The van der Waals surface area contributed by atoms with E-state index < -0.39 is 0 Å². The Morgan fingerprint density at radius 3 is 2.58 bits per heavy atom. The number of ether oxygens (including phenoxy) is 2. The third kappa shape index (κ3) is 4.00. The molecule has 6 nitrogen and oxygen atoms in total. The van der Waals surface area contributed by atoms with Crippen molar-refractivity contribution in [3.63, 3.8) is 0 Å². The minimum atomic E-state index is -0.329. The minimum absolute atomic E-state index is 0.0817. The Bertz CT molecular complexity index is 735. The summed E-state index contributed by atoms with van der Waals surface area (Å²) in [7, 11) is 1.50. The number of hydrogen-bond donors (Lipinski definition) is 2. The number of carbonyl (C=O) groups excluding carboxylic acids is 1. The molecule has 0 bridgehead atoms. The number of halogens is 1. The van der Waals surface area contributed by atoms with Crippen LogP contribution in [0.4, 0.5) is 5.82 Å². The Morgan fingerprint density at radius 2 is 2.04 bits per heavy atom. The predicted octanol–water partition coefficient (Wildman–Crippen LogP) is 4.02. The minimum Gasteiger partial charge on any atom is -0.493 e. The lowest BCUT2D eigenvalue weighted by molar-refractivity contribution is 0.102. The van der Waals surface area contributed by atoms with Gasteiger partial charge in [0.1, 0.15) is 0 Å². The highest BCUT2D eigenvalue weighted by Gasteiger charge is 2.19. The first kappa shape index (κ1) is 18.1. The molecule has 0 aliphatic carbocycles. The molecular formula is C17H22ClN3O3. The summed E-state index contributed by atoms with van der Waals surface area (Å²) >= 11 is 6.20. The van der Waals surface area contributed by atoms with Gasteiger partial charge in [0.05, 0.1) is 18.7 Å². The number of carbonyl (C=O) groups is 1. The van der Waals surface area contributed by atoms with E-state index in [-0.39, 0.29) is 11.3 Å².